The van der Waals surface area contributed by atoms with Gasteiger partial charge in [-0.3, -0.25) is 24.1 Å². The van der Waals surface area contributed by atoms with Gasteiger partial charge in [0.2, 0.25) is 5.95 Å². The van der Waals surface area contributed by atoms with E-state index in [1.807, 2.05) is 30.3 Å². The van der Waals surface area contributed by atoms with Crippen molar-refractivity contribution in [2.75, 3.05) is 56.5 Å². The zero-order chi connectivity index (χ0) is 37.2. The number of fused-ring (bicyclic) bond motifs is 1. The molecule has 3 N–H and O–H groups in total. The average Bonchev–Trinajstić information content (AvgIpc) is 3.79. The Bertz CT molecular complexity index is 1830. The van der Waals surface area contributed by atoms with Crippen molar-refractivity contribution < 1.29 is 19.1 Å². The Balaban J connectivity index is 0.776. The number of nitrogens with one attached hydrogen (secondary N) is 3. The molecule has 3 aliphatic heterocycles. The second-order valence-electron chi connectivity index (χ2n) is 16.0. The van der Waals surface area contributed by atoms with E-state index in [0.29, 0.717) is 52.5 Å². The van der Waals surface area contributed by atoms with E-state index in [4.69, 9.17) is 4.74 Å². The number of rotatable bonds is 9. The maximum atomic E-state index is 13.3. The van der Waals surface area contributed by atoms with Crippen LogP contribution in [0.2, 0.25) is 0 Å². The van der Waals surface area contributed by atoms with Crippen LogP contribution in [0.1, 0.15) is 108 Å². The summed E-state index contributed by atoms with van der Waals surface area (Å²) in [5.74, 6) is 0.539. The van der Waals surface area contributed by atoms with Gasteiger partial charge in [0.25, 0.3) is 11.8 Å². The summed E-state index contributed by atoms with van der Waals surface area (Å²) in [6.07, 6.45) is 16.6. The van der Waals surface area contributed by atoms with Crippen molar-refractivity contribution in [1.82, 2.24) is 39.8 Å². The molecule has 0 unspecified atom stereocenters. The van der Waals surface area contributed by atoms with Crippen molar-refractivity contribution in [3.8, 4) is 0 Å². The molecule has 5 aliphatic rings. The number of esters is 1. The largest absolute Gasteiger partial charge is 0.462 e. The van der Waals surface area contributed by atoms with Gasteiger partial charge in [0.05, 0.1) is 18.5 Å². The normalized spacial score (nSPS) is 23.5. The zero-order valence-electron chi connectivity index (χ0n) is 31.7. The molecule has 0 radical (unpaired) electrons. The molecule has 2 aliphatic carbocycles. The van der Waals surface area contributed by atoms with Gasteiger partial charge in [0.1, 0.15) is 11.4 Å². The van der Waals surface area contributed by atoms with E-state index in [-0.39, 0.29) is 24.5 Å². The van der Waals surface area contributed by atoms with Gasteiger partial charge in [-0.25, -0.2) is 9.78 Å². The highest BCUT2D eigenvalue weighted by atomic mass is 16.5. The number of aryl methyl sites for hydroxylation is 1. The number of anilines is 3. The molecule has 2 saturated carbocycles. The molecule has 2 amide bonds. The van der Waals surface area contributed by atoms with Crippen molar-refractivity contribution in [1.29, 1.82) is 0 Å². The summed E-state index contributed by atoms with van der Waals surface area (Å²) >= 11 is 0. The van der Waals surface area contributed by atoms with Crippen molar-refractivity contribution >= 4 is 35.2 Å². The smallest absolute Gasteiger partial charge is 0.343 e. The second kappa shape index (κ2) is 15.7. The first kappa shape index (κ1) is 36.4. The number of aromatic nitrogens is 4. The van der Waals surface area contributed by atoms with Crippen LogP contribution in [0.15, 0.2) is 36.8 Å². The molecule has 1 spiro atoms. The molecule has 54 heavy (non-hydrogen) atoms. The molecule has 0 atom stereocenters. The first-order valence-electron chi connectivity index (χ1n) is 20.0. The van der Waals surface area contributed by atoms with E-state index in [2.05, 4.69) is 40.8 Å². The summed E-state index contributed by atoms with van der Waals surface area (Å²) < 4.78 is 7.02. The van der Waals surface area contributed by atoms with Crippen molar-refractivity contribution in [2.45, 2.75) is 95.8 Å². The maximum absolute atomic E-state index is 13.3. The fourth-order valence-corrected chi connectivity index (χ4v) is 9.58. The predicted molar refractivity (Wildman–Crippen MR) is 205 cm³/mol. The maximum Gasteiger partial charge on any atom is 0.343 e. The van der Waals surface area contributed by atoms with E-state index in [0.717, 1.165) is 89.0 Å². The van der Waals surface area contributed by atoms with Gasteiger partial charge < -0.3 is 25.6 Å². The van der Waals surface area contributed by atoms with Gasteiger partial charge in [0, 0.05) is 94.5 Å². The van der Waals surface area contributed by atoms with Gasteiger partial charge in [-0.15, -0.1) is 0 Å². The molecular weight excluding hydrogens is 685 g/mol. The molecule has 3 aromatic rings. The zero-order valence-corrected chi connectivity index (χ0v) is 31.7. The van der Waals surface area contributed by atoms with Crippen LogP contribution in [0, 0.1) is 5.41 Å². The average molecular weight is 739 g/mol. The van der Waals surface area contributed by atoms with Crippen LogP contribution >= 0.6 is 0 Å². The number of benzene rings is 1. The third-order valence-corrected chi connectivity index (χ3v) is 12.8. The third kappa shape index (κ3) is 7.81. The van der Waals surface area contributed by atoms with Gasteiger partial charge in [-0.05, 0) is 100 Å². The Kier molecular flexibility index (Phi) is 10.6. The van der Waals surface area contributed by atoms with Crippen LogP contribution in [0.3, 0.4) is 0 Å². The van der Waals surface area contributed by atoms with Crippen LogP contribution in [0.25, 0.3) is 0 Å². The number of likely N-dealkylation sites (tertiary alicyclic amines) is 1. The quantitative estimate of drug-likeness (QED) is 0.265. The number of carbonyl (C=O) groups excluding carboxylic acids is 3. The molecule has 5 heterocycles. The fourth-order valence-electron chi connectivity index (χ4n) is 9.58. The number of carbonyl (C=O) groups is 3. The van der Waals surface area contributed by atoms with E-state index in [9.17, 15) is 14.4 Å². The van der Waals surface area contributed by atoms with E-state index < -0.39 is 5.97 Å². The molecule has 1 aromatic carbocycles. The van der Waals surface area contributed by atoms with Crippen molar-refractivity contribution in [3.63, 3.8) is 0 Å². The highest BCUT2D eigenvalue weighted by molar-refractivity contribution is 6.01. The summed E-state index contributed by atoms with van der Waals surface area (Å²) in [5, 5.41) is 13.8. The number of nitrogens with zero attached hydrogens (tertiary/aromatic N) is 7. The van der Waals surface area contributed by atoms with E-state index in [1.54, 1.807) is 23.9 Å². The molecule has 4 fully saturated rings. The Morgan fingerprint density at radius 1 is 0.926 bits per heavy atom. The topological polar surface area (TPSA) is 150 Å². The van der Waals surface area contributed by atoms with Gasteiger partial charge in [-0.1, -0.05) is 0 Å². The van der Waals surface area contributed by atoms with Crippen molar-refractivity contribution in [3.05, 3.63) is 59.0 Å². The SMILES string of the molecule is CCOC(=O)c1cnc(Nc2cnn(C)c2)nc1NC1CCC(N2CCN(C3CCC4(CC3)CCN(C(=O)c3ccc5c(c3)CNC5=O)CC4)CC2)CC1. The molecule has 0 bridgehead atoms. The number of amides is 2. The van der Waals surface area contributed by atoms with Crippen molar-refractivity contribution in [2.24, 2.45) is 12.5 Å². The molecule has 2 saturated heterocycles. The van der Waals surface area contributed by atoms with Crippen LogP contribution in [0.5, 0.6) is 0 Å². The first-order chi connectivity index (χ1) is 26.3. The molecule has 2 aromatic heterocycles. The lowest BCUT2D eigenvalue weighted by atomic mass is 9.66. The Morgan fingerprint density at radius 3 is 2.30 bits per heavy atom. The fraction of sp³-hybridized carbons (Fsp3) is 0.600. The van der Waals surface area contributed by atoms with Crippen LogP contribution < -0.4 is 16.0 Å². The molecule has 288 valence electrons. The Hall–Kier alpha value is -4.56. The minimum Gasteiger partial charge on any atom is -0.462 e. The lowest BCUT2D eigenvalue weighted by molar-refractivity contribution is 0.00749. The number of hydrogen-bond acceptors (Lipinski definition) is 11. The highest BCUT2D eigenvalue weighted by Crippen LogP contribution is 2.46. The van der Waals surface area contributed by atoms with Crippen LogP contribution in [-0.2, 0) is 18.3 Å². The summed E-state index contributed by atoms with van der Waals surface area (Å²) in [5.41, 5.74) is 3.81. The predicted octanol–water partition coefficient (Wildman–Crippen LogP) is 4.58. The second-order valence-corrected chi connectivity index (χ2v) is 16.0. The monoisotopic (exact) mass is 738 g/mol. The number of piperazine rings is 1. The molecule has 14 heteroatoms. The lowest BCUT2D eigenvalue weighted by Gasteiger charge is -2.49. The Morgan fingerprint density at radius 2 is 1.63 bits per heavy atom. The third-order valence-electron chi connectivity index (χ3n) is 12.8. The summed E-state index contributed by atoms with van der Waals surface area (Å²) in [7, 11) is 1.85. The number of ether oxygens (including phenoxy) is 1. The van der Waals surface area contributed by atoms with Gasteiger partial charge in [-0.2, -0.15) is 10.1 Å². The van der Waals surface area contributed by atoms with Gasteiger partial charge >= 0.3 is 5.97 Å². The molecular formula is C40H54N10O4. The van der Waals surface area contributed by atoms with Crippen LogP contribution in [0.4, 0.5) is 17.5 Å². The lowest BCUT2D eigenvalue weighted by Crippen LogP contribution is -2.55. The van der Waals surface area contributed by atoms with Gasteiger partial charge in [0.15, 0.2) is 0 Å². The first-order valence-corrected chi connectivity index (χ1v) is 20.0. The van der Waals surface area contributed by atoms with Crippen LogP contribution in [-0.4, -0.2) is 116 Å². The molecule has 8 rings (SSSR count). The standard InChI is InChI=1S/C40H54N10O4/c1-3-54-38(53)34-25-42-39(45-30-24-43-47(2)26-30)46-35(34)44-29-5-7-31(8-6-29)48-18-20-49(21-19-48)32-10-12-40(13-11-32)14-16-50(17-15-40)37(52)27-4-9-33-28(22-27)23-41-36(33)51/h4,9,22,24-26,29,31-32H,3,5-8,10-21,23H2,1-2H3,(H,41,51)(H2,42,44,45,46). The summed E-state index contributed by atoms with van der Waals surface area (Å²) in [6.45, 7) is 8.76. The van der Waals surface area contributed by atoms with E-state index in [1.165, 1.54) is 31.9 Å². The minimum atomic E-state index is -0.421. The Labute approximate surface area is 317 Å². The number of hydrogen-bond donors (Lipinski definition) is 3. The number of piperidine rings is 1. The highest BCUT2D eigenvalue weighted by Gasteiger charge is 2.41. The molecule has 14 nitrogen and oxygen atoms in total. The van der Waals surface area contributed by atoms with E-state index >= 15 is 0 Å². The summed E-state index contributed by atoms with van der Waals surface area (Å²) in [6, 6.07) is 6.98. The minimum absolute atomic E-state index is 0.0486. The summed E-state index contributed by atoms with van der Waals surface area (Å²) in [4.78, 5) is 54.6.